The van der Waals surface area contributed by atoms with E-state index in [0.29, 0.717) is 0 Å². The maximum atomic E-state index is 9.67. The maximum Gasteiger partial charge on any atom is 1.00 e. The molecule has 0 amide bonds. The number of halogens is 3. The molecule has 0 aromatic heterocycles. The molecular formula is C9H9BF3K. The van der Waals surface area contributed by atoms with Crippen molar-refractivity contribution in [1.29, 1.82) is 0 Å². The molecule has 0 bridgehead atoms. The summed E-state index contributed by atoms with van der Waals surface area (Å²) in [5.74, 6) is 0. The van der Waals surface area contributed by atoms with Gasteiger partial charge in [0.15, 0.2) is 0 Å². The van der Waals surface area contributed by atoms with Gasteiger partial charge in [0.05, 0.1) is 0 Å². The van der Waals surface area contributed by atoms with Crippen molar-refractivity contribution in [2.24, 2.45) is 0 Å². The Bertz CT molecular complexity index is 226. The van der Waals surface area contributed by atoms with Crippen molar-refractivity contribution in [3.05, 3.63) is 48.6 Å². The first-order valence-electron chi connectivity index (χ1n) is 3.65. The van der Waals surface area contributed by atoms with Gasteiger partial charge < -0.3 is 0 Å². The van der Waals surface area contributed by atoms with Gasteiger partial charge in [0, 0.05) is 0 Å². The van der Waals surface area contributed by atoms with E-state index in [9.17, 15) is 12.9 Å². The topological polar surface area (TPSA) is 0 Å². The number of allylic oxidation sites excluding steroid dienone is 1. The summed E-state index contributed by atoms with van der Waals surface area (Å²) < 4.78 is 29.0. The van der Waals surface area contributed by atoms with E-state index in [1.807, 2.05) is 30.3 Å². The first-order chi connectivity index (χ1) is 6.16. The third-order valence-corrected chi connectivity index (χ3v) is 1.14. The van der Waals surface area contributed by atoms with E-state index in [4.69, 9.17) is 0 Å². The smallest absolute Gasteiger partial charge is 0.254 e. The van der Waals surface area contributed by atoms with Crippen LogP contribution in [-0.2, 0) is 6.42 Å². The van der Waals surface area contributed by atoms with E-state index in [2.05, 4.69) is 12.6 Å². The third kappa shape index (κ3) is 12.5. The Morgan fingerprint density at radius 3 is 2.29 bits per heavy atom. The monoisotopic (exact) mass is 224 g/mol. The molecule has 0 nitrogen and oxygen atoms in total. The first-order valence-corrected chi connectivity index (χ1v) is 3.65. The molecule has 0 aliphatic carbocycles. The van der Waals surface area contributed by atoms with Crippen LogP contribution in [0.15, 0.2) is 36.9 Å². The van der Waals surface area contributed by atoms with Crippen LogP contribution in [0.2, 0.25) is 0 Å². The number of rotatable bonds is 2. The molecular weight excluding hydrogens is 215 g/mol. The second-order valence-electron chi connectivity index (χ2n) is 2.13. The minimum atomic E-state index is -3.67. The molecule has 0 atom stereocenters. The molecule has 1 aromatic rings. The summed E-state index contributed by atoms with van der Waals surface area (Å²) in [6.45, 7) is 3.64. The summed E-state index contributed by atoms with van der Waals surface area (Å²) in [6.07, 6.45) is 2.80. The van der Waals surface area contributed by atoms with E-state index in [1.165, 1.54) is 5.56 Å². The van der Waals surface area contributed by atoms with Gasteiger partial charge in [0.1, 0.15) is 0 Å². The van der Waals surface area contributed by atoms with Gasteiger partial charge in [-0.15, -0.1) is 6.58 Å². The van der Waals surface area contributed by atoms with Crippen LogP contribution in [0.4, 0.5) is 12.9 Å². The summed E-state index contributed by atoms with van der Waals surface area (Å²) in [7, 11) is -3.67. The Labute approximate surface area is 125 Å². The van der Waals surface area contributed by atoms with Crippen LogP contribution in [0.1, 0.15) is 5.56 Å². The predicted molar refractivity (Wildman–Crippen MR) is 48.3 cm³/mol. The van der Waals surface area contributed by atoms with Gasteiger partial charge >= 0.3 is 58.9 Å². The van der Waals surface area contributed by atoms with Crippen molar-refractivity contribution in [2.45, 2.75) is 6.42 Å². The molecule has 0 saturated carbocycles. The Morgan fingerprint density at radius 2 is 1.93 bits per heavy atom. The molecule has 1 aromatic carbocycles. The normalized spacial score (nSPS) is 7.64. The molecule has 0 fully saturated rings. The third-order valence-electron chi connectivity index (χ3n) is 1.14. The van der Waals surface area contributed by atoms with Gasteiger partial charge in [-0.05, 0) is 6.42 Å². The van der Waals surface area contributed by atoms with Crippen LogP contribution in [-0.4, -0.2) is 7.54 Å². The zero-order valence-corrected chi connectivity index (χ0v) is 11.1. The Morgan fingerprint density at radius 1 is 1.36 bits per heavy atom. The Kier molecular flexibility index (Phi) is 13.9. The number of hydrogen-bond acceptors (Lipinski definition) is 0. The number of benzene rings is 1. The molecule has 0 radical (unpaired) electrons. The van der Waals surface area contributed by atoms with E-state index >= 15 is 0 Å². The fourth-order valence-corrected chi connectivity index (χ4v) is 0.713. The van der Waals surface area contributed by atoms with Crippen LogP contribution < -0.4 is 51.4 Å². The van der Waals surface area contributed by atoms with Gasteiger partial charge in [-0.3, -0.25) is 12.9 Å². The minimum absolute atomic E-state index is 0. The second kappa shape index (κ2) is 11.5. The van der Waals surface area contributed by atoms with Crippen molar-refractivity contribution in [3.8, 4) is 0 Å². The average Bonchev–Trinajstić information content (AvgIpc) is 2.06. The summed E-state index contributed by atoms with van der Waals surface area (Å²) in [5.41, 5.74) is 1.20. The molecule has 70 valence electrons. The summed E-state index contributed by atoms with van der Waals surface area (Å²) in [5, 5.41) is 0. The zero-order valence-electron chi connectivity index (χ0n) is 8.01. The zero-order chi connectivity index (χ0) is 10.1. The van der Waals surface area contributed by atoms with Gasteiger partial charge in [-0.25, -0.2) is 0 Å². The van der Waals surface area contributed by atoms with Gasteiger partial charge in [-0.2, -0.15) is 35.9 Å². The molecule has 0 heterocycles. The standard InChI is InChI=1S/C9H9.BF3.K/c1-2-6-9-7-4-3-5-8-9;2-1(3)4;/h2-5,7H,1,6H2;;/q-1;;+1. The predicted octanol–water partition coefficient (Wildman–Crippen LogP) is 0.0991. The van der Waals surface area contributed by atoms with Gasteiger partial charge in [-0.1, -0.05) is 6.08 Å². The molecule has 0 aliphatic heterocycles. The van der Waals surface area contributed by atoms with Crippen molar-refractivity contribution in [2.75, 3.05) is 0 Å². The van der Waals surface area contributed by atoms with Crippen molar-refractivity contribution in [3.63, 3.8) is 0 Å². The molecule has 1 rings (SSSR count). The van der Waals surface area contributed by atoms with Crippen LogP contribution >= 0.6 is 0 Å². The molecule has 14 heavy (non-hydrogen) atoms. The van der Waals surface area contributed by atoms with Crippen LogP contribution in [0.25, 0.3) is 0 Å². The van der Waals surface area contributed by atoms with E-state index in [1.54, 1.807) is 0 Å². The SMILES string of the molecule is C=CCc1[c-]cccc1.FB(F)F.[K+]. The number of hydrogen-bond donors (Lipinski definition) is 0. The maximum absolute atomic E-state index is 9.67. The van der Waals surface area contributed by atoms with E-state index < -0.39 is 7.54 Å². The molecule has 0 unspecified atom stereocenters. The Hall–Kier alpha value is 0.451. The van der Waals surface area contributed by atoms with E-state index in [-0.39, 0.29) is 51.4 Å². The molecule has 0 saturated heterocycles. The summed E-state index contributed by atoms with van der Waals surface area (Å²) >= 11 is 0. The molecule has 0 aliphatic rings. The first kappa shape index (κ1) is 16.9. The van der Waals surface area contributed by atoms with Crippen molar-refractivity contribution >= 4 is 7.54 Å². The van der Waals surface area contributed by atoms with Gasteiger partial charge in [0.25, 0.3) is 0 Å². The second-order valence-corrected chi connectivity index (χ2v) is 2.13. The summed E-state index contributed by atoms with van der Waals surface area (Å²) in [4.78, 5) is 0. The van der Waals surface area contributed by atoms with Gasteiger partial charge in [0.2, 0.25) is 0 Å². The quantitative estimate of drug-likeness (QED) is 0.379. The van der Waals surface area contributed by atoms with Crippen LogP contribution in [0, 0.1) is 6.07 Å². The Balaban J connectivity index is 0. The van der Waals surface area contributed by atoms with Crippen molar-refractivity contribution in [1.82, 2.24) is 0 Å². The van der Waals surface area contributed by atoms with E-state index in [0.717, 1.165) is 6.42 Å². The molecule has 5 heteroatoms. The van der Waals surface area contributed by atoms with Crippen LogP contribution in [0.5, 0.6) is 0 Å². The van der Waals surface area contributed by atoms with Crippen molar-refractivity contribution < 1.29 is 64.3 Å². The van der Waals surface area contributed by atoms with Crippen LogP contribution in [0.3, 0.4) is 0 Å². The minimum Gasteiger partial charge on any atom is -0.254 e. The fourth-order valence-electron chi connectivity index (χ4n) is 0.713. The molecule has 0 spiro atoms. The average molecular weight is 224 g/mol. The largest absolute Gasteiger partial charge is 1.00 e. The molecule has 0 N–H and O–H groups in total. The fraction of sp³-hybridized carbons (Fsp3) is 0.111. The summed E-state index contributed by atoms with van der Waals surface area (Å²) in [6, 6.07) is 11.0.